The summed E-state index contributed by atoms with van der Waals surface area (Å²) in [5.74, 6) is -0.293. The van der Waals surface area contributed by atoms with Crippen LogP contribution >= 0.6 is 11.6 Å². The van der Waals surface area contributed by atoms with Gasteiger partial charge in [0.2, 0.25) is 0 Å². The average molecular weight is 502 g/mol. The second-order valence-electron chi connectivity index (χ2n) is 8.67. The van der Waals surface area contributed by atoms with Gasteiger partial charge in [0, 0.05) is 32.0 Å². The number of rotatable bonds is 8. The molecule has 0 saturated heterocycles. The maximum Gasteiger partial charge on any atom is 0.291 e. The maximum absolute atomic E-state index is 13.8. The summed E-state index contributed by atoms with van der Waals surface area (Å²) in [6, 6.07) is 25.6. The molecule has 0 aliphatic heterocycles. The van der Waals surface area contributed by atoms with Crippen LogP contribution in [0.3, 0.4) is 0 Å². The van der Waals surface area contributed by atoms with Crippen LogP contribution in [0.25, 0.3) is 0 Å². The molecule has 6 nitrogen and oxygen atoms in total. The second-order valence-corrected chi connectivity index (χ2v) is 9.08. The quantitative estimate of drug-likeness (QED) is 0.293. The Morgan fingerprint density at radius 3 is 2.33 bits per heavy atom. The summed E-state index contributed by atoms with van der Waals surface area (Å²) < 4.78 is 5.21. The molecule has 3 aromatic carbocycles. The Bertz CT molecular complexity index is 1340. The van der Waals surface area contributed by atoms with Gasteiger partial charge >= 0.3 is 0 Å². The highest BCUT2D eigenvalue weighted by molar-refractivity contribution is 6.33. The van der Waals surface area contributed by atoms with Gasteiger partial charge < -0.3 is 19.5 Å². The molecular weight excluding hydrogens is 474 g/mol. The van der Waals surface area contributed by atoms with Gasteiger partial charge in [-0.15, -0.1) is 0 Å². The Labute approximate surface area is 216 Å². The Kier molecular flexibility index (Phi) is 7.76. The van der Waals surface area contributed by atoms with Crippen LogP contribution in [0.2, 0.25) is 5.02 Å². The summed E-state index contributed by atoms with van der Waals surface area (Å²) in [6.07, 6.45) is 1.46. The highest BCUT2D eigenvalue weighted by Crippen LogP contribution is 2.31. The van der Waals surface area contributed by atoms with E-state index in [2.05, 4.69) is 5.32 Å². The first-order valence-corrected chi connectivity index (χ1v) is 12.0. The standard InChI is InChI=1S/C29H28ClN3O3/c1-20(21-10-5-4-6-11-21)33(29(35)24-12-7-8-13-25(24)30)19-22-18-23(15-16-26(22)32(2)3)31-28(34)27-14-9-17-36-27/h4-18,20H,19H2,1-3H3,(H,31,34). The van der Waals surface area contributed by atoms with Gasteiger partial charge in [-0.25, -0.2) is 0 Å². The van der Waals surface area contributed by atoms with Crippen molar-refractivity contribution in [1.29, 1.82) is 0 Å². The first-order valence-electron chi connectivity index (χ1n) is 11.6. The zero-order valence-corrected chi connectivity index (χ0v) is 21.2. The molecule has 1 atom stereocenters. The minimum absolute atomic E-state index is 0.174. The normalized spacial score (nSPS) is 11.6. The molecular formula is C29H28ClN3O3. The SMILES string of the molecule is CC(c1ccccc1)N(Cc1cc(NC(=O)c2ccco2)ccc1N(C)C)C(=O)c1ccccc1Cl. The summed E-state index contributed by atoms with van der Waals surface area (Å²) in [5, 5.41) is 3.28. The molecule has 7 heteroatoms. The first-order chi connectivity index (χ1) is 17.3. The van der Waals surface area contributed by atoms with Gasteiger partial charge in [-0.3, -0.25) is 9.59 Å². The number of carbonyl (C=O) groups is 2. The summed E-state index contributed by atoms with van der Waals surface area (Å²) in [5.41, 5.74) is 3.86. The van der Waals surface area contributed by atoms with E-state index in [9.17, 15) is 9.59 Å². The van der Waals surface area contributed by atoms with Gasteiger partial charge in [0.05, 0.1) is 22.9 Å². The fraction of sp³-hybridized carbons (Fsp3) is 0.172. The summed E-state index contributed by atoms with van der Waals surface area (Å²) in [6.45, 7) is 2.31. The average Bonchev–Trinajstić information content (AvgIpc) is 3.43. The summed E-state index contributed by atoms with van der Waals surface area (Å²) in [7, 11) is 3.89. The van der Waals surface area contributed by atoms with Crippen molar-refractivity contribution in [3.05, 3.63) is 119 Å². The molecule has 184 valence electrons. The van der Waals surface area contributed by atoms with Gasteiger partial charge in [-0.1, -0.05) is 54.1 Å². The largest absolute Gasteiger partial charge is 0.459 e. The number of hydrogen-bond donors (Lipinski definition) is 1. The van der Waals surface area contributed by atoms with Crippen LogP contribution in [0.4, 0.5) is 11.4 Å². The zero-order valence-electron chi connectivity index (χ0n) is 20.4. The van der Waals surface area contributed by atoms with Gasteiger partial charge in [-0.05, 0) is 60.5 Å². The number of halogens is 1. The number of furan rings is 1. The molecule has 4 rings (SSSR count). The number of nitrogens with one attached hydrogen (secondary N) is 1. The van der Waals surface area contributed by atoms with Crippen molar-refractivity contribution in [2.24, 2.45) is 0 Å². The van der Waals surface area contributed by atoms with E-state index < -0.39 is 0 Å². The number of benzene rings is 3. The van der Waals surface area contributed by atoms with E-state index in [-0.39, 0.29) is 23.6 Å². The molecule has 0 fully saturated rings. The third-order valence-corrected chi connectivity index (χ3v) is 6.35. The molecule has 1 unspecified atom stereocenters. The van der Waals surface area contributed by atoms with Crippen LogP contribution in [-0.4, -0.2) is 30.8 Å². The van der Waals surface area contributed by atoms with E-state index in [1.54, 1.807) is 41.3 Å². The lowest BCUT2D eigenvalue weighted by molar-refractivity contribution is 0.0674. The van der Waals surface area contributed by atoms with Crippen molar-refractivity contribution in [1.82, 2.24) is 4.90 Å². The van der Waals surface area contributed by atoms with Crippen LogP contribution in [0.1, 0.15) is 45.0 Å². The number of anilines is 2. The van der Waals surface area contributed by atoms with Gasteiger partial charge in [-0.2, -0.15) is 0 Å². The van der Waals surface area contributed by atoms with Crippen LogP contribution < -0.4 is 10.2 Å². The maximum atomic E-state index is 13.8. The van der Waals surface area contributed by atoms with Crippen molar-refractivity contribution in [2.75, 3.05) is 24.3 Å². The Morgan fingerprint density at radius 2 is 1.67 bits per heavy atom. The molecule has 0 saturated carbocycles. The van der Waals surface area contributed by atoms with E-state index >= 15 is 0 Å². The van der Waals surface area contributed by atoms with Gasteiger partial charge in [0.15, 0.2) is 5.76 Å². The third kappa shape index (κ3) is 5.61. The minimum atomic E-state index is -0.342. The Hall–Kier alpha value is -4.03. The number of nitrogens with zero attached hydrogens (tertiary/aromatic N) is 2. The zero-order chi connectivity index (χ0) is 25.7. The lowest BCUT2D eigenvalue weighted by atomic mass is 10.0. The molecule has 1 aromatic heterocycles. The fourth-order valence-electron chi connectivity index (χ4n) is 4.10. The lowest BCUT2D eigenvalue weighted by Gasteiger charge is -2.32. The molecule has 1 N–H and O–H groups in total. The molecule has 0 bridgehead atoms. The number of amides is 2. The van der Waals surface area contributed by atoms with Crippen molar-refractivity contribution in [3.63, 3.8) is 0 Å². The van der Waals surface area contributed by atoms with E-state index in [1.165, 1.54) is 6.26 Å². The molecule has 0 radical (unpaired) electrons. The van der Waals surface area contributed by atoms with Crippen LogP contribution in [0.5, 0.6) is 0 Å². The first kappa shape index (κ1) is 25.1. The van der Waals surface area contributed by atoms with E-state index in [0.717, 1.165) is 16.8 Å². The van der Waals surface area contributed by atoms with Crippen molar-refractivity contribution >= 4 is 34.8 Å². The molecule has 0 spiro atoms. The molecule has 2 amide bonds. The van der Waals surface area contributed by atoms with Crippen molar-refractivity contribution in [3.8, 4) is 0 Å². The summed E-state index contributed by atoms with van der Waals surface area (Å²) in [4.78, 5) is 30.2. The van der Waals surface area contributed by atoms with Crippen LogP contribution in [-0.2, 0) is 6.54 Å². The van der Waals surface area contributed by atoms with E-state index in [0.29, 0.717) is 22.8 Å². The lowest BCUT2D eigenvalue weighted by Crippen LogP contribution is -2.34. The van der Waals surface area contributed by atoms with Crippen LogP contribution in [0, 0.1) is 0 Å². The topological polar surface area (TPSA) is 65.8 Å². The van der Waals surface area contributed by atoms with Crippen LogP contribution in [0.15, 0.2) is 95.6 Å². The molecule has 0 aliphatic rings. The van der Waals surface area contributed by atoms with E-state index in [1.807, 2.05) is 74.4 Å². The van der Waals surface area contributed by atoms with E-state index in [4.69, 9.17) is 16.0 Å². The smallest absolute Gasteiger partial charge is 0.291 e. The molecule has 4 aromatic rings. The Balaban J connectivity index is 1.72. The second kappa shape index (κ2) is 11.1. The fourth-order valence-corrected chi connectivity index (χ4v) is 4.31. The minimum Gasteiger partial charge on any atom is -0.459 e. The summed E-state index contributed by atoms with van der Waals surface area (Å²) >= 11 is 6.42. The molecule has 36 heavy (non-hydrogen) atoms. The van der Waals surface area contributed by atoms with Gasteiger partial charge in [0.1, 0.15) is 0 Å². The number of hydrogen-bond acceptors (Lipinski definition) is 4. The van der Waals surface area contributed by atoms with Gasteiger partial charge in [0.25, 0.3) is 11.8 Å². The predicted octanol–water partition coefficient (Wildman–Crippen LogP) is 6.65. The Morgan fingerprint density at radius 1 is 0.944 bits per heavy atom. The highest BCUT2D eigenvalue weighted by Gasteiger charge is 2.26. The third-order valence-electron chi connectivity index (χ3n) is 6.02. The predicted molar refractivity (Wildman–Crippen MR) is 144 cm³/mol. The monoisotopic (exact) mass is 501 g/mol. The van der Waals surface area contributed by atoms with Crippen molar-refractivity contribution < 1.29 is 14.0 Å². The molecule has 0 aliphatic carbocycles. The molecule has 1 heterocycles. The van der Waals surface area contributed by atoms with Crippen molar-refractivity contribution in [2.45, 2.75) is 19.5 Å². The number of carbonyl (C=O) groups excluding carboxylic acids is 2. The highest BCUT2D eigenvalue weighted by atomic mass is 35.5.